The van der Waals surface area contributed by atoms with E-state index in [0.29, 0.717) is 23.9 Å². The van der Waals surface area contributed by atoms with Gasteiger partial charge < -0.3 is 9.47 Å². The number of nitrogens with zero attached hydrogens (tertiary/aromatic N) is 5. The number of carbonyl (C=O) groups is 1. The third-order valence-corrected chi connectivity index (χ3v) is 4.94. The summed E-state index contributed by atoms with van der Waals surface area (Å²) >= 11 is 0. The number of amides is 1. The Kier molecular flexibility index (Phi) is 4.44. The number of piperidine rings is 1. The van der Waals surface area contributed by atoms with Crippen LogP contribution in [0.5, 0.6) is 0 Å². The van der Waals surface area contributed by atoms with Crippen molar-refractivity contribution in [2.45, 2.75) is 39.2 Å². The van der Waals surface area contributed by atoms with Gasteiger partial charge in [0.25, 0.3) is 5.91 Å². The fraction of sp³-hybridized carbons (Fsp3) is 0.474. The number of nitrogens with one attached hydrogen (secondary N) is 1. The minimum Gasteiger partial charge on any atom is -0.338 e. The third-order valence-electron chi connectivity index (χ3n) is 4.94. The minimum atomic E-state index is 0.0297. The van der Waals surface area contributed by atoms with Crippen molar-refractivity contribution in [3.8, 4) is 0 Å². The van der Waals surface area contributed by atoms with Gasteiger partial charge in [-0.2, -0.15) is 5.10 Å². The van der Waals surface area contributed by atoms with Gasteiger partial charge in [-0.25, -0.2) is 9.97 Å². The van der Waals surface area contributed by atoms with Gasteiger partial charge in [0.1, 0.15) is 5.52 Å². The first kappa shape index (κ1) is 16.8. The fourth-order valence-electron chi connectivity index (χ4n) is 3.68. The van der Waals surface area contributed by atoms with Gasteiger partial charge in [0.2, 0.25) is 0 Å². The Bertz CT molecular complexity index is 898. The van der Waals surface area contributed by atoms with Gasteiger partial charge in [0, 0.05) is 43.6 Å². The third kappa shape index (κ3) is 3.21. The molecule has 0 radical (unpaired) electrons. The van der Waals surface area contributed by atoms with Crippen molar-refractivity contribution in [3.63, 3.8) is 0 Å². The molecule has 1 unspecified atom stereocenters. The predicted octanol–water partition coefficient (Wildman–Crippen LogP) is 2.83. The molecule has 7 nitrogen and oxygen atoms in total. The zero-order chi connectivity index (χ0) is 18.1. The Morgan fingerprint density at radius 2 is 2.27 bits per heavy atom. The number of fused-ring (bicyclic) bond motifs is 1. The molecule has 1 fully saturated rings. The van der Waals surface area contributed by atoms with Gasteiger partial charge in [-0.3, -0.25) is 9.89 Å². The number of H-pyrrole nitrogens is 1. The van der Waals surface area contributed by atoms with Crippen LogP contribution in [0.25, 0.3) is 11.2 Å². The van der Waals surface area contributed by atoms with Crippen molar-refractivity contribution in [3.05, 3.63) is 42.1 Å². The fourth-order valence-corrected chi connectivity index (χ4v) is 3.68. The van der Waals surface area contributed by atoms with E-state index < -0.39 is 0 Å². The van der Waals surface area contributed by atoms with Crippen LogP contribution in [0.1, 0.15) is 48.7 Å². The second-order valence-electron chi connectivity index (χ2n) is 7.46. The Morgan fingerprint density at radius 3 is 3.04 bits per heavy atom. The maximum Gasteiger partial charge on any atom is 0.255 e. The first-order valence-electron chi connectivity index (χ1n) is 9.21. The number of hydrogen-bond acceptors (Lipinski definition) is 4. The van der Waals surface area contributed by atoms with Crippen molar-refractivity contribution < 1.29 is 4.79 Å². The van der Waals surface area contributed by atoms with Crippen LogP contribution in [-0.2, 0) is 6.54 Å². The van der Waals surface area contributed by atoms with E-state index in [2.05, 4.69) is 34.0 Å². The highest BCUT2D eigenvalue weighted by atomic mass is 16.2. The first-order chi connectivity index (χ1) is 12.6. The summed E-state index contributed by atoms with van der Waals surface area (Å²) < 4.78 is 2.05. The molecule has 26 heavy (non-hydrogen) atoms. The molecule has 3 aromatic rings. The SMILES string of the molecule is CC(C)Cn1cnc2cc(C(=O)N3CCCC(c4ccn[nH]4)C3)cnc21. The maximum absolute atomic E-state index is 13.0. The summed E-state index contributed by atoms with van der Waals surface area (Å²) in [6.07, 6.45) is 7.32. The number of carbonyl (C=O) groups excluding carboxylic acids is 1. The van der Waals surface area contributed by atoms with Crippen LogP contribution in [0.3, 0.4) is 0 Å². The van der Waals surface area contributed by atoms with E-state index in [1.54, 1.807) is 18.7 Å². The Balaban J connectivity index is 1.54. The van der Waals surface area contributed by atoms with Crippen LogP contribution in [0.15, 0.2) is 30.9 Å². The topological polar surface area (TPSA) is 79.7 Å². The van der Waals surface area contributed by atoms with Crippen LogP contribution in [-0.4, -0.2) is 48.6 Å². The molecule has 1 N–H and O–H groups in total. The highest BCUT2D eigenvalue weighted by Crippen LogP contribution is 2.26. The van der Waals surface area contributed by atoms with Gasteiger partial charge in [-0.1, -0.05) is 13.8 Å². The summed E-state index contributed by atoms with van der Waals surface area (Å²) in [6.45, 7) is 6.69. The average molecular weight is 352 g/mol. The lowest BCUT2D eigenvalue weighted by Crippen LogP contribution is -2.39. The number of hydrogen-bond donors (Lipinski definition) is 1. The quantitative estimate of drug-likeness (QED) is 0.783. The van der Waals surface area contributed by atoms with E-state index in [1.165, 1.54) is 0 Å². The first-order valence-corrected chi connectivity index (χ1v) is 9.21. The largest absolute Gasteiger partial charge is 0.338 e. The van der Waals surface area contributed by atoms with Gasteiger partial charge in [0.15, 0.2) is 5.65 Å². The van der Waals surface area contributed by atoms with Crippen LogP contribution < -0.4 is 0 Å². The van der Waals surface area contributed by atoms with Crippen molar-refractivity contribution >= 4 is 17.1 Å². The van der Waals surface area contributed by atoms with E-state index in [0.717, 1.165) is 42.8 Å². The molecule has 0 bridgehead atoms. The van der Waals surface area contributed by atoms with E-state index in [1.807, 2.05) is 21.6 Å². The van der Waals surface area contributed by atoms with E-state index >= 15 is 0 Å². The van der Waals surface area contributed by atoms with Crippen molar-refractivity contribution in [1.82, 2.24) is 29.6 Å². The second kappa shape index (κ2) is 6.90. The molecule has 3 aromatic heterocycles. The zero-order valence-electron chi connectivity index (χ0n) is 15.2. The number of likely N-dealkylation sites (tertiary alicyclic amines) is 1. The molecular formula is C19H24N6O. The Morgan fingerprint density at radius 1 is 1.38 bits per heavy atom. The number of rotatable bonds is 4. The zero-order valence-corrected chi connectivity index (χ0v) is 15.2. The van der Waals surface area contributed by atoms with Crippen LogP contribution in [0.2, 0.25) is 0 Å². The summed E-state index contributed by atoms with van der Waals surface area (Å²) in [5.41, 5.74) is 3.32. The van der Waals surface area contributed by atoms with Crippen LogP contribution >= 0.6 is 0 Å². The predicted molar refractivity (Wildman–Crippen MR) is 98.8 cm³/mol. The summed E-state index contributed by atoms with van der Waals surface area (Å²) in [6, 6.07) is 3.86. The van der Waals surface area contributed by atoms with Crippen LogP contribution in [0.4, 0.5) is 0 Å². The molecule has 1 saturated heterocycles. The molecule has 0 saturated carbocycles. The minimum absolute atomic E-state index is 0.0297. The molecule has 4 heterocycles. The Hall–Kier alpha value is -2.70. The molecule has 1 aliphatic rings. The number of pyridine rings is 1. The van der Waals surface area contributed by atoms with Gasteiger partial charge in [-0.05, 0) is 30.9 Å². The molecule has 136 valence electrons. The Labute approximate surface area is 152 Å². The lowest BCUT2D eigenvalue weighted by Gasteiger charge is -2.32. The van der Waals surface area contributed by atoms with Gasteiger partial charge in [-0.15, -0.1) is 0 Å². The normalized spacial score (nSPS) is 18.0. The van der Waals surface area contributed by atoms with E-state index in [-0.39, 0.29) is 5.91 Å². The lowest BCUT2D eigenvalue weighted by atomic mass is 9.94. The van der Waals surface area contributed by atoms with Crippen molar-refractivity contribution in [1.29, 1.82) is 0 Å². The second-order valence-corrected chi connectivity index (χ2v) is 7.46. The molecular weight excluding hydrogens is 328 g/mol. The molecule has 0 aliphatic carbocycles. The smallest absolute Gasteiger partial charge is 0.255 e. The van der Waals surface area contributed by atoms with E-state index in [9.17, 15) is 4.79 Å². The number of aromatic nitrogens is 5. The standard InChI is InChI=1S/C19H24N6O/c1-13(2)10-25-12-21-17-8-15(9-20-18(17)25)19(26)24-7-3-4-14(11-24)16-5-6-22-23-16/h5-6,8-9,12-14H,3-4,7,10-11H2,1-2H3,(H,22,23). The van der Waals surface area contributed by atoms with Gasteiger partial charge >= 0.3 is 0 Å². The number of imidazole rings is 1. The molecule has 1 aliphatic heterocycles. The maximum atomic E-state index is 13.0. The highest BCUT2D eigenvalue weighted by molar-refractivity contribution is 5.96. The molecule has 1 amide bonds. The van der Waals surface area contributed by atoms with Crippen molar-refractivity contribution in [2.24, 2.45) is 5.92 Å². The summed E-state index contributed by atoms with van der Waals surface area (Å²) in [5, 5.41) is 7.07. The highest BCUT2D eigenvalue weighted by Gasteiger charge is 2.26. The van der Waals surface area contributed by atoms with E-state index in [4.69, 9.17) is 0 Å². The van der Waals surface area contributed by atoms with Gasteiger partial charge in [0.05, 0.1) is 11.9 Å². The van der Waals surface area contributed by atoms with Crippen molar-refractivity contribution in [2.75, 3.05) is 13.1 Å². The molecule has 1 atom stereocenters. The summed E-state index contributed by atoms with van der Waals surface area (Å²) in [4.78, 5) is 23.8. The lowest BCUT2D eigenvalue weighted by molar-refractivity contribution is 0.0705. The summed E-state index contributed by atoms with van der Waals surface area (Å²) in [7, 11) is 0. The summed E-state index contributed by atoms with van der Waals surface area (Å²) in [5.74, 6) is 0.863. The molecule has 0 aromatic carbocycles. The number of aromatic amines is 1. The monoisotopic (exact) mass is 352 g/mol. The molecule has 7 heteroatoms. The molecule has 0 spiro atoms. The van der Waals surface area contributed by atoms with Crippen LogP contribution in [0, 0.1) is 5.92 Å². The average Bonchev–Trinajstić information content (AvgIpc) is 3.31. The molecule has 4 rings (SSSR count).